The van der Waals surface area contributed by atoms with Crippen LogP contribution in [0.1, 0.15) is 31.2 Å². The number of benzene rings is 1. The average Bonchev–Trinajstić information content (AvgIpc) is 3.06. The molecule has 1 fully saturated rings. The van der Waals surface area contributed by atoms with Crippen molar-refractivity contribution in [2.24, 2.45) is 7.05 Å². The van der Waals surface area contributed by atoms with E-state index in [4.69, 9.17) is 4.74 Å². The van der Waals surface area contributed by atoms with Gasteiger partial charge in [-0.05, 0) is 54.1 Å². The van der Waals surface area contributed by atoms with Gasteiger partial charge >= 0.3 is 0 Å². The maximum Gasteiger partial charge on any atom is 0.242 e. The van der Waals surface area contributed by atoms with E-state index in [0.717, 1.165) is 12.3 Å². The molecule has 1 aliphatic rings. The number of hydrogen-bond acceptors (Lipinski definition) is 7. The molecule has 2 aromatic rings. The second-order valence-electron chi connectivity index (χ2n) is 6.78. The third-order valence-electron chi connectivity index (χ3n) is 4.59. The molecular formula is C18H28N6O2. The molecule has 1 atom stereocenters. The van der Waals surface area contributed by atoms with Crippen molar-refractivity contribution in [1.82, 2.24) is 25.1 Å². The van der Waals surface area contributed by atoms with Gasteiger partial charge in [-0.25, -0.2) is 4.68 Å². The summed E-state index contributed by atoms with van der Waals surface area (Å²) in [6.07, 6.45) is 3.96. The Labute approximate surface area is 154 Å². The van der Waals surface area contributed by atoms with Crippen LogP contribution in [-0.4, -0.2) is 62.6 Å². The molecule has 8 heteroatoms. The molecule has 0 saturated carbocycles. The fourth-order valence-corrected chi connectivity index (χ4v) is 3.11. The van der Waals surface area contributed by atoms with E-state index in [0.29, 0.717) is 25.5 Å². The highest BCUT2D eigenvalue weighted by molar-refractivity contribution is 5.28. The van der Waals surface area contributed by atoms with Gasteiger partial charge in [-0.2, -0.15) is 0 Å². The minimum atomic E-state index is -0.525. The Bertz CT molecular complexity index is 671. The van der Waals surface area contributed by atoms with Crippen molar-refractivity contribution in [1.29, 1.82) is 0 Å². The van der Waals surface area contributed by atoms with Gasteiger partial charge in [0.05, 0.1) is 12.7 Å². The van der Waals surface area contributed by atoms with Gasteiger partial charge in [0.25, 0.3) is 0 Å². The topological polar surface area (TPSA) is 88.3 Å². The van der Waals surface area contributed by atoms with Crippen molar-refractivity contribution < 1.29 is 9.84 Å². The molecular weight excluding hydrogens is 332 g/mol. The number of aromatic nitrogens is 4. The first-order valence-electron chi connectivity index (χ1n) is 9.29. The van der Waals surface area contributed by atoms with E-state index in [1.807, 2.05) is 12.1 Å². The zero-order valence-corrected chi connectivity index (χ0v) is 15.3. The summed E-state index contributed by atoms with van der Waals surface area (Å²) in [7, 11) is 1.74. The van der Waals surface area contributed by atoms with Gasteiger partial charge in [0.1, 0.15) is 5.75 Å². The number of ether oxygens (including phenoxy) is 1. The Hall–Kier alpha value is -2.19. The SMILES string of the molecule is Cn1nnnc1NCC(O)CCOc1cccc(CN2CCCCC2)c1. The van der Waals surface area contributed by atoms with Crippen LogP contribution in [0.4, 0.5) is 5.95 Å². The molecule has 1 unspecified atom stereocenters. The number of hydrogen-bond donors (Lipinski definition) is 2. The predicted octanol–water partition coefficient (Wildman–Crippen LogP) is 1.44. The second-order valence-corrected chi connectivity index (χ2v) is 6.78. The van der Waals surface area contributed by atoms with Crippen LogP contribution in [-0.2, 0) is 13.6 Å². The van der Waals surface area contributed by atoms with E-state index in [-0.39, 0.29) is 0 Å². The second kappa shape index (κ2) is 9.49. The summed E-state index contributed by atoms with van der Waals surface area (Å²) in [6.45, 7) is 4.20. The number of likely N-dealkylation sites (tertiary alicyclic amines) is 1. The van der Waals surface area contributed by atoms with E-state index in [9.17, 15) is 5.11 Å². The molecule has 0 amide bonds. The summed E-state index contributed by atoms with van der Waals surface area (Å²) in [6, 6.07) is 8.25. The van der Waals surface area contributed by atoms with E-state index >= 15 is 0 Å². The first kappa shape index (κ1) is 18.6. The lowest BCUT2D eigenvalue weighted by Gasteiger charge is -2.26. The number of tetrazole rings is 1. The number of anilines is 1. The Morgan fingerprint density at radius 3 is 2.88 bits per heavy atom. The van der Waals surface area contributed by atoms with Crippen molar-refractivity contribution in [2.45, 2.75) is 38.3 Å². The van der Waals surface area contributed by atoms with Crippen LogP contribution >= 0.6 is 0 Å². The van der Waals surface area contributed by atoms with Crippen LogP contribution in [0.2, 0.25) is 0 Å². The normalized spacial score (nSPS) is 16.4. The third-order valence-corrected chi connectivity index (χ3v) is 4.59. The lowest BCUT2D eigenvalue weighted by Crippen LogP contribution is -2.29. The molecule has 1 saturated heterocycles. The van der Waals surface area contributed by atoms with Crippen molar-refractivity contribution >= 4 is 5.95 Å². The lowest BCUT2D eigenvalue weighted by molar-refractivity contribution is 0.149. The zero-order valence-electron chi connectivity index (χ0n) is 15.3. The van der Waals surface area contributed by atoms with Gasteiger partial charge in [-0.1, -0.05) is 23.7 Å². The van der Waals surface area contributed by atoms with E-state index in [1.54, 1.807) is 7.05 Å². The van der Waals surface area contributed by atoms with Crippen LogP contribution in [0.3, 0.4) is 0 Å². The van der Waals surface area contributed by atoms with Crippen LogP contribution in [0.15, 0.2) is 24.3 Å². The first-order chi connectivity index (χ1) is 12.7. The largest absolute Gasteiger partial charge is 0.493 e. The third kappa shape index (κ3) is 5.67. The van der Waals surface area contributed by atoms with Crippen molar-refractivity contribution in [3.8, 4) is 5.75 Å². The molecule has 2 N–H and O–H groups in total. The Balaban J connectivity index is 1.38. The first-order valence-corrected chi connectivity index (χ1v) is 9.29. The number of nitrogens with zero attached hydrogens (tertiary/aromatic N) is 5. The Kier molecular flexibility index (Phi) is 6.79. The molecule has 0 bridgehead atoms. The Morgan fingerprint density at radius 1 is 1.27 bits per heavy atom. The maximum absolute atomic E-state index is 10.1. The van der Waals surface area contributed by atoms with Crippen LogP contribution in [0.25, 0.3) is 0 Å². The fourth-order valence-electron chi connectivity index (χ4n) is 3.11. The number of aliphatic hydroxyl groups excluding tert-OH is 1. The lowest BCUT2D eigenvalue weighted by atomic mass is 10.1. The molecule has 2 heterocycles. The van der Waals surface area contributed by atoms with E-state index < -0.39 is 6.10 Å². The van der Waals surface area contributed by atoms with Gasteiger partial charge in [-0.15, -0.1) is 0 Å². The summed E-state index contributed by atoms with van der Waals surface area (Å²) in [4.78, 5) is 2.50. The molecule has 26 heavy (non-hydrogen) atoms. The van der Waals surface area contributed by atoms with Crippen LogP contribution < -0.4 is 10.1 Å². The summed E-state index contributed by atoms with van der Waals surface area (Å²) in [5, 5.41) is 24.2. The zero-order chi connectivity index (χ0) is 18.2. The molecule has 142 valence electrons. The maximum atomic E-state index is 10.1. The molecule has 0 radical (unpaired) electrons. The summed E-state index contributed by atoms with van der Waals surface area (Å²) >= 11 is 0. The van der Waals surface area contributed by atoms with Gasteiger partial charge in [0, 0.05) is 26.6 Å². The standard InChI is InChI=1S/C18H28N6O2/c1-23-18(20-21-22-23)19-13-16(25)8-11-26-17-7-5-6-15(12-17)14-24-9-3-2-4-10-24/h5-7,12,16,25H,2-4,8-11,13-14H2,1H3,(H,19,20,22). The van der Waals surface area contributed by atoms with Gasteiger partial charge in [-0.3, -0.25) is 4.90 Å². The summed E-state index contributed by atoms with van der Waals surface area (Å²) < 4.78 is 7.34. The molecule has 0 spiro atoms. The number of aliphatic hydroxyl groups is 1. The number of rotatable bonds is 9. The average molecular weight is 360 g/mol. The highest BCUT2D eigenvalue weighted by Crippen LogP contribution is 2.18. The highest BCUT2D eigenvalue weighted by Gasteiger charge is 2.11. The molecule has 1 aromatic carbocycles. The Morgan fingerprint density at radius 2 is 2.12 bits per heavy atom. The van der Waals surface area contributed by atoms with E-state index in [1.165, 1.54) is 42.6 Å². The number of aryl methyl sites for hydroxylation is 1. The highest BCUT2D eigenvalue weighted by atomic mass is 16.5. The summed E-state index contributed by atoms with van der Waals surface area (Å²) in [5.74, 6) is 1.40. The molecule has 0 aliphatic carbocycles. The van der Waals surface area contributed by atoms with Gasteiger partial charge in [0.2, 0.25) is 5.95 Å². The van der Waals surface area contributed by atoms with Crippen LogP contribution in [0.5, 0.6) is 5.75 Å². The van der Waals surface area contributed by atoms with Gasteiger partial charge in [0.15, 0.2) is 0 Å². The van der Waals surface area contributed by atoms with Gasteiger partial charge < -0.3 is 15.2 Å². The van der Waals surface area contributed by atoms with Crippen molar-refractivity contribution in [3.63, 3.8) is 0 Å². The molecule has 3 rings (SSSR count). The number of piperidine rings is 1. The fraction of sp³-hybridized carbons (Fsp3) is 0.611. The smallest absolute Gasteiger partial charge is 0.242 e. The van der Waals surface area contributed by atoms with Crippen molar-refractivity contribution in [3.05, 3.63) is 29.8 Å². The van der Waals surface area contributed by atoms with Crippen molar-refractivity contribution in [2.75, 3.05) is 31.6 Å². The van der Waals surface area contributed by atoms with Crippen LogP contribution in [0, 0.1) is 0 Å². The monoisotopic (exact) mass is 360 g/mol. The molecule has 1 aliphatic heterocycles. The molecule has 8 nitrogen and oxygen atoms in total. The quantitative estimate of drug-likeness (QED) is 0.699. The molecule has 1 aromatic heterocycles. The minimum absolute atomic E-state index is 0.382. The summed E-state index contributed by atoms with van der Waals surface area (Å²) in [5.41, 5.74) is 1.28. The minimum Gasteiger partial charge on any atom is -0.493 e. The predicted molar refractivity (Wildman–Crippen MR) is 99.0 cm³/mol. The number of nitrogens with one attached hydrogen (secondary N) is 1. The van der Waals surface area contributed by atoms with E-state index in [2.05, 4.69) is 37.9 Å².